The number of ether oxygens (including phenoxy) is 1. The molecule has 2 aromatic carbocycles. The van der Waals surface area contributed by atoms with Crippen molar-refractivity contribution in [2.75, 3.05) is 25.0 Å². The van der Waals surface area contributed by atoms with Crippen LogP contribution in [-0.2, 0) is 27.7 Å². The molecule has 1 N–H and O–H groups in total. The zero-order valence-electron chi connectivity index (χ0n) is 17.3. The largest absolute Gasteiger partial charge is 0.482 e. The molecule has 0 aromatic heterocycles. The Kier molecular flexibility index (Phi) is 7.39. The number of hydrogen-bond donors (Lipinski definition) is 1. The highest BCUT2D eigenvalue weighted by Crippen LogP contribution is 2.30. The standard InChI is InChI=1S/C22H27ClN2O4S/c1-3-16-8-7-9-17(4-2)22(16)24-21(26)15-29-20-11-10-18(14-19(20)23)30(27,28)25-12-5-6-13-25/h7-11,14H,3-6,12-13,15H2,1-2H3,(H,24,26). The topological polar surface area (TPSA) is 75.7 Å². The van der Waals surface area contributed by atoms with Crippen LogP contribution in [0.4, 0.5) is 5.69 Å². The van der Waals surface area contributed by atoms with E-state index in [4.69, 9.17) is 16.3 Å². The molecule has 1 aliphatic heterocycles. The third-order valence-corrected chi connectivity index (χ3v) is 7.42. The molecule has 162 valence electrons. The maximum Gasteiger partial charge on any atom is 0.262 e. The average Bonchev–Trinajstić information content (AvgIpc) is 3.28. The number of para-hydroxylation sites is 1. The van der Waals surface area contributed by atoms with Crippen LogP contribution in [0.2, 0.25) is 5.02 Å². The van der Waals surface area contributed by atoms with E-state index in [-0.39, 0.29) is 28.2 Å². The van der Waals surface area contributed by atoms with Crippen molar-refractivity contribution in [1.82, 2.24) is 4.31 Å². The van der Waals surface area contributed by atoms with Crippen molar-refractivity contribution in [1.29, 1.82) is 0 Å². The number of carbonyl (C=O) groups is 1. The molecule has 1 amide bonds. The van der Waals surface area contributed by atoms with Crippen molar-refractivity contribution in [3.05, 3.63) is 52.5 Å². The fourth-order valence-corrected chi connectivity index (χ4v) is 5.40. The van der Waals surface area contributed by atoms with Crippen molar-refractivity contribution >= 4 is 33.2 Å². The molecule has 1 fully saturated rings. The van der Waals surface area contributed by atoms with Gasteiger partial charge in [0, 0.05) is 18.8 Å². The lowest BCUT2D eigenvalue weighted by Gasteiger charge is -2.17. The normalized spacial score (nSPS) is 14.6. The van der Waals surface area contributed by atoms with Crippen LogP contribution in [-0.4, -0.2) is 38.3 Å². The molecule has 2 aromatic rings. The summed E-state index contributed by atoms with van der Waals surface area (Å²) in [5, 5.41) is 3.09. The smallest absolute Gasteiger partial charge is 0.262 e. The Morgan fingerprint density at radius 1 is 1.10 bits per heavy atom. The molecule has 8 heteroatoms. The van der Waals surface area contributed by atoms with Gasteiger partial charge in [-0.2, -0.15) is 4.31 Å². The highest BCUT2D eigenvalue weighted by molar-refractivity contribution is 7.89. The van der Waals surface area contributed by atoms with Gasteiger partial charge in [-0.25, -0.2) is 8.42 Å². The quantitative estimate of drug-likeness (QED) is 0.651. The Bertz CT molecular complexity index is 996. The Hall–Kier alpha value is -2.09. The summed E-state index contributed by atoms with van der Waals surface area (Å²) in [6.45, 7) is 4.91. The summed E-state index contributed by atoms with van der Waals surface area (Å²) >= 11 is 6.24. The molecule has 0 atom stereocenters. The van der Waals surface area contributed by atoms with Gasteiger partial charge in [0.25, 0.3) is 5.91 Å². The second kappa shape index (κ2) is 9.81. The van der Waals surface area contributed by atoms with E-state index >= 15 is 0 Å². The minimum absolute atomic E-state index is 0.135. The minimum atomic E-state index is -3.55. The van der Waals surface area contributed by atoms with E-state index in [0.717, 1.165) is 42.5 Å². The second-order valence-corrected chi connectivity index (χ2v) is 9.54. The predicted octanol–water partition coefficient (Wildman–Crippen LogP) is 4.27. The van der Waals surface area contributed by atoms with Crippen LogP contribution in [0.1, 0.15) is 37.8 Å². The van der Waals surface area contributed by atoms with E-state index in [1.807, 2.05) is 32.0 Å². The van der Waals surface area contributed by atoms with Gasteiger partial charge in [0.15, 0.2) is 6.61 Å². The molecule has 0 saturated carbocycles. The summed E-state index contributed by atoms with van der Waals surface area (Å²) in [6, 6.07) is 10.3. The van der Waals surface area contributed by atoms with Gasteiger partial charge >= 0.3 is 0 Å². The lowest BCUT2D eigenvalue weighted by Crippen LogP contribution is -2.27. The summed E-state index contributed by atoms with van der Waals surface area (Å²) < 4.78 is 32.3. The summed E-state index contributed by atoms with van der Waals surface area (Å²) in [4.78, 5) is 12.6. The van der Waals surface area contributed by atoms with Crippen molar-refractivity contribution in [2.45, 2.75) is 44.4 Å². The molecule has 0 bridgehead atoms. The van der Waals surface area contributed by atoms with Crippen molar-refractivity contribution in [2.24, 2.45) is 0 Å². The molecule has 0 unspecified atom stereocenters. The Balaban J connectivity index is 1.67. The average molecular weight is 451 g/mol. The monoisotopic (exact) mass is 450 g/mol. The number of amides is 1. The molecule has 6 nitrogen and oxygen atoms in total. The van der Waals surface area contributed by atoms with Gasteiger partial charge in [-0.05, 0) is 55.0 Å². The number of anilines is 1. The summed E-state index contributed by atoms with van der Waals surface area (Å²) in [7, 11) is -3.55. The van der Waals surface area contributed by atoms with Crippen LogP contribution >= 0.6 is 11.6 Å². The first kappa shape index (κ1) is 22.6. The van der Waals surface area contributed by atoms with Crippen LogP contribution in [0.15, 0.2) is 41.3 Å². The highest BCUT2D eigenvalue weighted by Gasteiger charge is 2.27. The van der Waals surface area contributed by atoms with E-state index < -0.39 is 10.0 Å². The number of nitrogens with one attached hydrogen (secondary N) is 1. The molecular weight excluding hydrogens is 424 g/mol. The van der Waals surface area contributed by atoms with E-state index in [9.17, 15) is 13.2 Å². The molecule has 1 saturated heterocycles. The van der Waals surface area contributed by atoms with Gasteiger partial charge in [-0.15, -0.1) is 0 Å². The van der Waals surface area contributed by atoms with Crippen molar-refractivity contribution in [3.8, 4) is 5.75 Å². The molecule has 0 radical (unpaired) electrons. The number of rotatable bonds is 8. The summed E-state index contributed by atoms with van der Waals surface area (Å²) in [5.74, 6) is -0.0258. The Morgan fingerprint density at radius 3 is 2.30 bits per heavy atom. The summed E-state index contributed by atoms with van der Waals surface area (Å²) in [5.41, 5.74) is 2.96. The first-order chi connectivity index (χ1) is 14.4. The van der Waals surface area contributed by atoms with Crippen molar-refractivity contribution < 1.29 is 17.9 Å². The zero-order chi connectivity index (χ0) is 21.7. The third kappa shape index (κ3) is 4.96. The predicted molar refractivity (Wildman–Crippen MR) is 119 cm³/mol. The molecule has 3 rings (SSSR count). The fourth-order valence-electron chi connectivity index (χ4n) is 3.56. The molecule has 0 spiro atoms. The van der Waals surface area contributed by atoms with Gasteiger partial charge in [-0.3, -0.25) is 4.79 Å². The van der Waals surface area contributed by atoms with Gasteiger partial charge in [0.05, 0.1) is 9.92 Å². The van der Waals surface area contributed by atoms with E-state index in [0.29, 0.717) is 13.1 Å². The Labute approximate surface area is 183 Å². The molecule has 1 aliphatic rings. The van der Waals surface area contributed by atoms with Crippen LogP contribution in [0.25, 0.3) is 0 Å². The first-order valence-electron chi connectivity index (χ1n) is 10.2. The number of halogens is 1. The van der Waals surface area contributed by atoms with Gasteiger partial charge in [0.1, 0.15) is 5.75 Å². The van der Waals surface area contributed by atoms with Crippen LogP contribution in [0.5, 0.6) is 5.75 Å². The van der Waals surface area contributed by atoms with Crippen LogP contribution in [0, 0.1) is 0 Å². The van der Waals surface area contributed by atoms with E-state index in [1.165, 1.54) is 22.5 Å². The Morgan fingerprint density at radius 2 is 1.73 bits per heavy atom. The summed E-state index contributed by atoms with van der Waals surface area (Å²) in [6.07, 6.45) is 3.35. The third-order valence-electron chi connectivity index (χ3n) is 5.23. The number of aryl methyl sites for hydroxylation is 2. The van der Waals surface area contributed by atoms with E-state index in [1.54, 1.807) is 0 Å². The number of nitrogens with zero attached hydrogens (tertiary/aromatic N) is 1. The maximum absolute atomic E-state index is 12.7. The lowest BCUT2D eigenvalue weighted by atomic mass is 10.0. The number of hydrogen-bond acceptors (Lipinski definition) is 4. The number of benzene rings is 2. The number of sulfonamides is 1. The van der Waals surface area contributed by atoms with E-state index in [2.05, 4.69) is 5.32 Å². The molecule has 1 heterocycles. The SMILES string of the molecule is CCc1cccc(CC)c1NC(=O)COc1ccc(S(=O)(=O)N2CCCC2)cc1Cl. The van der Waals surface area contributed by atoms with Crippen LogP contribution < -0.4 is 10.1 Å². The van der Waals surface area contributed by atoms with Gasteiger partial charge < -0.3 is 10.1 Å². The lowest BCUT2D eigenvalue weighted by molar-refractivity contribution is -0.118. The molecule has 0 aliphatic carbocycles. The minimum Gasteiger partial charge on any atom is -0.482 e. The highest BCUT2D eigenvalue weighted by atomic mass is 35.5. The second-order valence-electron chi connectivity index (χ2n) is 7.20. The fraction of sp³-hybridized carbons (Fsp3) is 0.409. The van der Waals surface area contributed by atoms with Crippen molar-refractivity contribution in [3.63, 3.8) is 0 Å². The molecular formula is C22H27ClN2O4S. The zero-order valence-corrected chi connectivity index (χ0v) is 18.9. The maximum atomic E-state index is 12.7. The van der Waals surface area contributed by atoms with Crippen LogP contribution in [0.3, 0.4) is 0 Å². The van der Waals surface area contributed by atoms with Gasteiger partial charge in [0.2, 0.25) is 10.0 Å². The molecule has 30 heavy (non-hydrogen) atoms. The number of carbonyl (C=O) groups excluding carboxylic acids is 1. The first-order valence-corrected chi connectivity index (χ1v) is 12.0. The van der Waals surface area contributed by atoms with Gasteiger partial charge in [-0.1, -0.05) is 43.6 Å².